The standard InChI is InChI=1S/C57H100N12O13/c1-18-33(9)39(29-70)61-49(77)41-23-21-25-69(41)53(81)56(14,15)66-47(75)37(27-31(5)6)59-45(73)36(26-30(3)4)60-48(76)40-22-20-24-68(40)54(82)57(16,17)67-51(79)44(34(10)19-2)64-50(78)43(32(7)8)63-46(74)38(28-42(58)72)62-52(80)55(12,13)65-35(11)71/h30-34,36-41,43-44,70H,18-29H2,1-17H3,(H2,58,72)(H,59,73)(H,60,76)(H,61,77)(H,62,80)(H,63,74)(H,64,78)(H,65,71)(H,66,75)(H,67,79)/t33-,34+,36+,37+,38+,39-,40+,41+,43+,44+/m1/s1. The second-order valence-corrected chi connectivity index (χ2v) is 25.2. The molecule has 0 aliphatic carbocycles. The van der Waals surface area contributed by atoms with Gasteiger partial charge in [-0.3, -0.25) is 57.5 Å². The Labute approximate surface area is 485 Å². The summed E-state index contributed by atoms with van der Waals surface area (Å²) >= 11 is 0. The molecule has 0 aromatic carbocycles. The number of amides is 12. The molecule has 12 amide bonds. The van der Waals surface area contributed by atoms with Crippen molar-refractivity contribution < 1.29 is 62.6 Å². The number of hydrogen-bond acceptors (Lipinski definition) is 13. The zero-order chi connectivity index (χ0) is 62.9. The fourth-order valence-electron chi connectivity index (χ4n) is 10.0. The van der Waals surface area contributed by atoms with E-state index in [0.29, 0.717) is 25.7 Å². The third-order valence-electron chi connectivity index (χ3n) is 15.2. The molecule has 2 heterocycles. The molecule has 2 rings (SSSR count). The molecule has 25 heteroatoms. The van der Waals surface area contributed by atoms with Crippen LogP contribution >= 0.6 is 0 Å². The second kappa shape index (κ2) is 31.3. The molecule has 82 heavy (non-hydrogen) atoms. The van der Waals surface area contributed by atoms with E-state index in [9.17, 15) is 62.6 Å². The van der Waals surface area contributed by atoms with Crippen LogP contribution in [0.4, 0.5) is 0 Å². The quantitative estimate of drug-likeness (QED) is 0.0445. The molecule has 0 aromatic rings. The lowest BCUT2D eigenvalue weighted by Crippen LogP contribution is -2.64. The van der Waals surface area contributed by atoms with Gasteiger partial charge in [0.25, 0.3) is 0 Å². The zero-order valence-electron chi connectivity index (χ0n) is 51.8. The largest absolute Gasteiger partial charge is 0.394 e. The number of nitrogens with zero attached hydrogens (tertiary/aromatic N) is 2. The summed E-state index contributed by atoms with van der Waals surface area (Å²) < 4.78 is 0. The summed E-state index contributed by atoms with van der Waals surface area (Å²) in [5.74, 6) is -9.54. The van der Waals surface area contributed by atoms with Crippen molar-refractivity contribution in [3.05, 3.63) is 0 Å². The van der Waals surface area contributed by atoms with E-state index >= 15 is 0 Å². The van der Waals surface area contributed by atoms with E-state index in [1.807, 2.05) is 41.5 Å². The average molecular weight is 1160 g/mol. The molecule has 2 aliphatic heterocycles. The van der Waals surface area contributed by atoms with E-state index in [0.717, 1.165) is 6.42 Å². The first kappa shape index (κ1) is 71.7. The lowest BCUT2D eigenvalue weighted by atomic mass is 9.94. The Morgan fingerprint density at radius 1 is 0.524 bits per heavy atom. The van der Waals surface area contributed by atoms with E-state index in [-0.39, 0.29) is 62.6 Å². The zero-order valence-corrected chi connectivity index (χ0v) is 51.8. The van der Waals surface area contributed by atoms with E-state index < -0.39 is 148 Å². The number of rotatable bonds is 31. The number of carbonyl (C=O) groups is 12. The Morgan fingerprint density at radius 3 is 1.39 bits per heavy atom. The fraction of sp³-hybridized carbons (Fsp3) is 0.789. The number of primary amides is 1. The molecular formula is C57H100N12O13. The monoisotopic (exact) mass is 1160 g/mol. The van der Waals surface area contributed by atoms with Gasteiger partial charge in [0.05, 0.1) is 19.1 Å². The summed E-state index contributed by atoms with van der Waals surface area (Å²) in [7, 11) is 0. The molecule has 0 saturated carbocycles. The van der Waals surface area contributed by atoms with Crippen molar-refractivity contribution in [1.29, 1.82) is 0 Å². The van der Waals surface area contributed by atoms with Crippen LogP contribution in [-0.4, -0.2) is 170 Å². The van der Waals surface area contributed by atoms with Crippen LogP contribution < -0.4 is 53.6 Å². The number of nitrogens with one attached hydrogen (secondary N) is 9. The van der Waals surface area contributed by atoms with E-state index in [4.69, 9.17) is 5.73 Å². The van der Waals surface area contributed by atoms with Crippen molar-refractivity contribution in [2.75, 3.05) is 19.7 Å². The fourth-order valence-corrected chi connectivity index (χ4v) is 10.0. The van der Waals surface area contributed by atoms with Crippen LogP contribution in [0.25, 0.3) is 0 Å². The predicted molar refractivity (Wildman–Crippen MR) is 307 cm³/mol. The molecular weight excluding hydrogens is 1060 g/mol. The molecule has 0 aromatic heterocycles. The Balaban J connectivity index is 2.30. The van der Waals surface area contributed by atoms with E-state index in [1.165, 1.54) is 58.3 Å². The van der Waals surface area contributed by atoms with Crippen LogP contribution in [0.3, 0.4) is 0 Å². The van der Waals surface area contributed by atoms with Crippen molar-refractivity contribution in [1.82, 2.24) is 57.7 Å². The van der Waals surface area contributed by atoms with Gasteiger partial charge >= 0.3 is 0 Å². The van der Waals surface area contributed by atoms with Gasteiger partial charge in [-0.05, 0) is 110 Å². The molecule has 0 spiro atoms. The highest BCUT2D eigenvalue weighted by molar-refractivity contribution is 6.01. The number of nitrogens with two attached hydrogens (primary N) is 1. The molecule has 10 atom stereocenters. The van der Waals surface area contributed by atoms with E-state index in [1.54, 1.807) is 27.7 Å². The molecule has 0 bridgehead atoms. The molecule has 25 nitrogen and oxygen atoms in total. The summed E-state index contributed by atoms with van der Waals surface area (Å²) in [4.78, 5) is 166. The molecule has 0 unspecified atom stereocenters. The topological polar surface area (TPSA) is 366 Å². The lowest BCUT2D eigenvalue weighted by Gasteiger charge is -2.36. The van der Waals surface area contributed by atoms with Crippen molar-refractivity contribution in [3.63, 3.8) is 0 Å². The third kappa shape index (κ3) is 20.8. The smallest absolute Gasteiger partial charge is 0.248 e. The van der Waals surface area contributed by atoms with Crippen molar-refractivity contribution in [2.24, 2.45) is 35.3 Å². The Bertz CT molecular complexity index is 2300. The number of aliphatic hydroxyl groups excluding tert-OH is 1. The number of likely N-dealkylation sites (tertiary alicyclic amines) is 2. The molecule has 12 N–H and O–H groups in total. The van der Waals surface area contributed by atoms with Gasteiger partial charge in [-0.2, -0.15) is 0 Å². The summed E-state index contributed by atoms with van der Waals surface area (Å²) in [6.45, 7) is 28.2. The maximum Gasteiger partial charge on any atom is 0.248 e. The Kier molecular flexibility index (Phi) is 27.4. The summed E-state index contributed by atoms with van der Waals surface area (Å²) in [5.41, 5.74) is 0.746. The molecule has 2 aliphatic rings. The number of carbonyl (C=O) groups excluding carboxylic acids is 12. The first-order valence-corrected chi connectivity index (χ1v) is 29.1. The highest BCUT2D eigenvalue weighted by atomic mass is 16.3. The highest BCUT2D eigenvalue weighted by Crippen LogP contribution is 2.25. The van der Waals surface area contributed by atoms with Gasteiger partial charge < -0.3 is 68.5 Å². The summed E-state index contributed by atoms with van der Waals surface area (Å²) in [6.07, 6.45) is 2.38. The van der Waals surface area contributed by atoms with Gasteiger partial charge in [-0.15, -0.1) is 0 Å². The lowest BCUT2D eigenvalue weighted by molar-refractivity contribution is -0.146. The van der Waals surface area contributed by atoms with Gasteiger partial charge in [-0.1, -0.05) is 82.1 Å². The molecule has 2 saturated heterocycles. The van der Waals surface area contributed by atoms with Crippen LogP contribution in [-0.2, 0) is 57.5 Å². The number of hydrogen-bond donors (Lipinski definition) is 11. The van der Waals surface area contributed by atoms with Gasteiger partial charge in [0, 0.05) is 20.0 Å². The van der Waals surface area contributed by atoms with Crippen LogP contribution in [0.15, 0.2) is 0 Å². The van der Waals surface area contributed by atoms with Crippen molar-refractivity contribution >= 4 is 70.9 Å². The predicted octanol–water partition coefficient (Wildman–Crippen LogP) is 0.290. The average Bonchev–Trinajstić information content (AvgIpc) is 4.28. The summed E-state index contributed by atoms with van der Waals surface area (Å²) in [6, 6.07) is -8.76. The van der Waals surface area contributed by atoms with Gasteiger partial charge in [0.1, 0.15) is 58.9 Å². The molecule has 0 radical (unpaired) electrons. The SMILES string of the molecule is CC[C@@H](C)[C@@H](CO)NC(=O)[C@@H]1CCCN1C(=O)C(C)(C)NC(=O)[C@H](CC(C)C)NC(=O)[C@H](CC(C)C)NC(=O)[C@@H]1CCCN1C(=O)C(C)(C)NC(=O)[C@@H](NC(=O)[C@@H](NC(=O)[C@H](CC(N)=O)NC(=O)C(C)(C)NC(C)=O)C(C)C)[C@@H](C)CC. The first-order valence-electron chi connectivity index (χ1n) is 29.1. The van der Waals surface area contributed by atoms with Crippen LogP contribution in [0.1, 0.15) is 175 Å². The minimum Gasteiger partial charge on any atom is -0.394 e. The van der Waals surface area contributed by atoms with Crippen molar-refractivity contribution in [3.8, 4) is 0 Å². The normalized spacial score (nSPS) is 18.6. The molecule has 2 fully saturated rings. The maximum absolute atomic E-state index is 14.5. The highest BCUT2D eigenvalue weighted by Gasteiger charge is 2.46. The maximum atomic E-state index is 14.5. The van der Waals surface area contributed by atoms with E-state index in [2.05, 4.69) is 47.9 Å². The van der Waals surface area contributed by atoms with Crippen LogP contribution in [0.5, 0.6) is 0 Å². The van der Waals surface area contributed by atoms with Crippen LogP contribution in [0.2, 0.25) is 0 Å². The van der Waals surface area contributed by atoms with Gasteiger partial charge in [0.2, 0.25) is 70.9 Å². The van der Waals surface area contributed by atoms with Crippen LogP contribution in [0, 0.1) is 29.6 Å². The summed E-state index contributed by atoms with van der Waals surface area (Å²) in [5, 5.41) is 34.2. The minimum atomic E-state index is -1.66. The Hall–Kier alpha value is -6.40. The van der Waals surface area contributed by atoms with Gasteiger partial charge in [0.15, 0.2) is 0 Å². The molecule has 466 valence electrons. The number of aliphatic hydroxyl groups is 1. The van der Waals surface area contributed by atoms with Gasteiger partial charge in [-0.25, -0.2) is 0 Å². The first-order chi connectivity index (χ1) is 37.8. The van der Waals surface area contributed by atoms with Crippen molar-refractivity contribution in [2.45, 2.75) is 240 Å². The second-order valence-electron chi connectivity index (χ2n) is 25.2. The minimum absolute atomic E-state index is 0.00250. The Morgan fingerprint density at radius 2 is 0.963 bits per heavy atom. The third-order valence-corrected chi connectivity index (χ3v) is 15.2.